The molecule has 1 aromatic heterocycles. The van der Waals surface area contributed by atoms with E-state index >= 15 is 0 Å². The Morgan fingerprint density at radius 1 is 1.26 bits per heavy atom. The van der Waals surface area contributed by atoms with E-state index in [1.165, 1.54) is 0 Å². The van der Waals surface area contributed by atoms with Crippen LogP contribution in [0.5, 0.6) is 0 Å². The van der Waals surface area contributed by atoms with Crippen molar-refractivity contribution in [3.63, 3.8) is 0 Å². The maximum atomic E-state index is 11.7. The fourth-order valence-electron chi connectivity index (χ4n) is 1.69. The molecule has 0 radical (unpaired) electrons. The molecule has 1 N–H and O–H groups in total. The number of amides is 1. The van der Waals surface area contributed by atoms with E-state index in [9.17, 15) is 9.59 Å². The highest BCUT2D eigenvalue weighted by Gasteiger charge is 2.05. The first-order chi connectivity index (χ1) is 9.19. The molecule has 2 rings (SSSR count). The van der Waals surface area contributed by atoms with Crippen molar-refractivity contribution in [1.29, 1.82) is 0 Å². The van der Waals surface area contributed by atoms with Crippen molar-refractivity contribution in [3.8, 4) is 0 Å². The molecule has 0 fully saturated rings. The maximum absolute atomic E-state index is 11.7. The van der Waals surface area contributed by atoms with E-state index in [4.69, 9.17) is 11.6 Å². The lowest BCUT2D eigenvalue weighted by atomic mass is 10.2. The summed E-state index contributed by atoms with van der Waals surface area (Å²) < 4.78 is 1.60. The van der Waals surface area contributed by atoms with Gasteiger partial charge in [-0.1, -0.05) is 23.7 Å². The van der Waals surface area contributed by atoms with E-state index in [1.807, 2.05) is 12.1 Å². The SMILES string of the molecule is O=Cc1cccn1CC(=O)NCc1ccc(Cl)cc1. The number of hydrogen-bond acceptors (Lipinski definition) is 2. The van der Waals surface area contributed by atoms with Crippen molar-refractivity contribution in [3.05, 3.63) is 58.9 Å². The number of benzene rings is 1. The number of halogens is 1. The predicted octanol–water partition coefficient (Wildman–Crippen LogP) is 2.27. The number of nitrogens with one attached hydrogen (secondary N) is 1. The molecular formula is C14H13ClN2O2. The molecule has 0 aliphatic rings. The summed E-state index contributed by atoms with van der Waals surface area (Å²) in [6.45, 7) is 0.572. The molecule has 0 bridgehead atoms. The van der Waals surface area contributed by atoms with Gasteiger partial charge in [0.1, 0.15) is 6.54 Å². The van der Waals surface area contributed by atoms with Crippen LogP contribution in [0.15, 0.2) is 42.6 Å². The van der Waals surface area contributed by atoms with Crippen LogP contribution in [0.4, 0.5) is 0 Å². The third-order valence-electron chi connectivity index (χ3n) is 2.70. The number of aldehydes is 1. The largest absolute Gasteiger partial charge is 0.350 e. The number of carbonyl (C=O) groups is 2. The number of carbonyl (C=O) groups excluding carboxylic acids is 2. The number of hydrogen-bond donors (Lipinski definition) is 1. The Hall–Kier alpha value is -2.07. The van der Waals surface area contributed by atoms with Crippen LogP contribution in [0.25, 0.3) is 0 Å². The summed E-state index contributed by atoms with van der Waals surface area (Å²) in [6, 6.07) is 10.7. The fourth-order valence-corrected chi connectivity index (χ4v) is 1.82. The Morgan fingerprint density at radius 2 is 2.00 bits per heavy atom. The zero-order valence-electron chi connectivity index (χ0n) is 10.2. The molecule has 1 aromatic carbocycles. The average Bonchev–Trinajstić information content (AvgIpc) is 2.85. The van der Waals surface area contributed by atoms with Gasteiger partial charge < -0.3 is 9.88 Å². The number of aromatic nitrogens is 1. The molecule has 4 nitrogen and oxygen atoms in total. The van der Waals surface area contributed by atoms with Gasteiger partial charge in [-0.2, -0.15) is 0 Å². The second-order valence-electron chi connectivity index (χ2n) is 4.08. The smallest absolute Gasteiger partial charge is 0.240 e. The molecule has 19 heavy (non-hydrogen) atoms. The molecule has 0 aliphatic heterocycles. The molecule has 0 unspecified atom stereocenters. The van der Waals surface area contributed by atoms with Gasteiger partial charge in [0, 0.05) is 17.8 Å². The minimum Gasteiger partial charge on any atom is -0.350 e. The Balaban J connectivity index is 1.88. The van der Waals surface area contributed by atoms with Gasteiger partial charge >= 0.3 is 0 Å². The number of nitrogens with zero attached hydrogens (tertiary/aromatic N) is 1. The van der Waals surface area contributed by atoms with Crippen LogP contribution in [-0.4, -0.2) is 16.8 Å². The summed E-state index contributed by atoms with van der Waals surface area (Å²) in [5.74, 6) is -0.144. The molecule has 1 amide bonds. The molecule has 1 heterocycles. The van der Waals surface area contributed by atoms with Crippen LogP contribution in [0.2, 0.25) is 5.02 Å². The molecule has 98 valence electrons. The van der Waals surface area contributed by atoms with Crippen molar-refractivity contribution >= 4 is 23.8 Å². The Bertz CT molecular complexity index is 575. The second kappa shape index (κ2) is 6.20. The summed E-state index contributed by atoms with van der Waals surface area (Å²) in [6.07, 6.45) is 2.43. The highest BCUT2D eigenvalue weighted by Crippen LogP contribution is 2.09. The molecule has 0 atom stereocenters. The average molecular weight is 277 g/mol. The van der Waals surface area contributed by atoms with Crippen LogP contribution in [0.1, 0.15) is 16.1 Å². The topological polar surface area (TPSA) is 51.1 Å². The maximum Gasteiger partial charge on any atom is 0.240 e. The second-order valence-corrected chi connectivity index (χ2v) is 4.52. The molecule has 0 aliphatic carbocycles. The van der Waals surface area contributed by atoms with Crippen LogP contribution < -0.4 is 5.32 Å². The van der Waals surface area contributed by atoms with Crippen molar-refractivity contribution in [2.75, 3.05) is 0 Å². The Labute approximate surface area is 116 Å². The zero-order chi connectivity index (χ0) is 13.7. The Kier molecular flexibility index (Phi) is 4.36. The van der Waals surface area contributed by atoms with Crippen molar-refractivity contribution in [2.45, 2.75) is 13.1 Å². The van der Waals surface area contributed by atoms with Gasteiger partial charge in [0.15, 0.2) is 6.29 Å². The van der Waals surface area contributed by atoms with Gasteiger partial charge in [-0.3, -0.25) is 9.59 Å². The van der Waals surface area contributed by atoms with Crippen molar-refractivity contribution in [2.24, 2.45) is 0 Å². The normalized spacial score (nSPS) is 10.2. The summed E-state index contributed by atoms with van der Waals surface area (Å²) in [4.78, 5) is 22.5. The van der Waals surface area contributed by atoms with Crippen LogP contribution in [0, 0.1) is 0 Å². The van der Waals surface area contributed by atoms with E-state index < -0.39 is 0 Å². The summed E-state index contributed by atoms with van der Waals surface area (Å²) >= 11 is 5.78. The van der Waals surface area contributed by atoms with Crippen LogP contribution in [0.3, 0.4) is 0 Å². The predicted molar refractivity (Wildman–Crippen MR) is 73.1 cm³/mol. The monoisotopic (exact) mass is 276 g/mol. The summed E-state index contributed by atoms with van der Waals surface area (Å²) in [7, 11) is 0. The van der Waals surface area contributed by atoms with Crippen molar-refractivity contribution < 1.29 is 9.59 Å². The molecular weight excluding hydrogens is 264 g/mol. The lowest BCUT2D eigenvalue weighted by molar-refractivity contribution is -0.121. The molecule has 0 saturated carbocycles. The van der Waals surface area contributed by atoms with E-state index in [0.717, 1.165) is 11.8 Å². The highest BCUT2D eigenvalue weighted by molar-refractivity contribution is 6.30. The number of rotatable bonds is 5. The molecule has 5 heteroatoms. The minimum absolute atomic E-state index is 0.134. The van der Waals surface area contributed by atoms with Gasteiger partial charge in [0.2, 0.25) is 5.91 Å². The fraction of sp³-hybridized carbons (Fsp3) is 0.143. The van der Waals surface area contributed by atoms with E-state index in [-0.39, 0.29) is 12.5 Å². The van der Waals surface area contributed by atoms with Gasteiger partial charge in [0.05, 0.1) is 5.69 Å². The Morgan fingerprint density at radius 3 is 2.68 bits per heavy atom. The standard InChI is InChI=1S/C14H13ClN2O2/c15-12-5-3-11(4-6-12)8-16-14(19)9-17-7-1-2-13(17)10-18/h1-7,10H,8-9H2,(H,16,19). The van der Waals surface area contributed by atoms with Gasteiger partial charge in [-0.15, -0.1) is 0 Å². The van der Waals surface area contributed by atoms with Gasteiger partial charge in [0.25, 0.3) is 0 Å². The molecule has 2 aromatic rings. The first kappa shape index (κ1) is 13.4. The van der Waals surface area contributed by atoms with Crippen LogP contribution >= 0.6 is 11.6 Å². The van der Waals surface area contributed by atoms with Gasteiger partial charge in [-0.25, -0.2) is 0 Å². The van der Waals surface area contributed by atoms with Gasteiger partial charge in [-0.05, 0) is 29.8 Å². The van der Waals surface area contributed by atoms with E-state index in [1.54, 1.807) is 35.0 Å². The quantitative estimate of drug-likeness (QED) is 0.852. The zero-order valence-corrected chi connectivity index (χ0v) is 10.9. The third kappa shape index (κ3) is 3.69. The van der Waals surface area contributed by atoms with Crippen molar-refractivity contribution in [1.82, 2.24) is 9.88 Å². The van der Waals surface area contributed by atoms with Crippen LogP contribution in [-0.2, 0) is 17.9 Å². The summed E-state index contributed by atoms with van der Waals surface area (Å²) in [5.41, 5.74) is 1.46. The highest BCUT2D eigenvalue weighted by atomic mass is 35.5. The van der Waals surface area contributed by atoms with E-state index in [0.29, 0.717) is 17.3 Å². The first-order valence-electron chi connectivity index (χ1n) is 5.80. The lowest BCUT2D eigenvalue weighted by Gasteiger charge is -2.07. The third-order valence-corrected chi connectivity index (χ3v) is 2.95. The minimum atomic E-state index is -0.144. The first-order valence-corrected chi connectivity index (χ1v) is 6.18. The molecule has 0 spiro atoms. The molecule has 0 saturated heterocycles. The lowest BCUT2D eigenvalue weighted by Crippen LogP contribution is -2.27. The summed E-state index contributed by atoms with van der Waals surface area (Å²) in [5, 5.41) is 3.45. The van der Waals surface area contributed by atoms with E-state index in [2.05, 4.69) is 5.32 Å².